The van der Waals surface area contributed by atoms with Crippen LogP contribution in [-0.4, -0.2) is 44.2 Å². The number of likely N-dealkylation sites (tertiary alicyclic amines) is 1. The fourth-order valence-corrected chi connectivity index (χ4v) is 4.57. The van der Waals surface area contributed by atoms with Crippen molar-refractivity contribution in [3.8, 4) is 11.3 Å². The summed E-state index contributed by atoms with van der Waals surface area (Å²) in [5.41, 5.74) is 9.18. The zero-order valence-electron chi connectivity index (χ0n) is 18.8. The maximum Gasteiger partial charge on any atom is 0.259 e. The smallest absolute Gasteiger partial charge is 0.259 e. The van der Waals surface area contributed by atoms with Gasteiger partial charge in [-0.15, -0.1) is 0 Å². The van der Waals surface area contributed by atoms with Crippen LogP contribution in [0.2, 0.25) is 0 Å². The summed E-state index contributed by atoms with van der Waals surface area (Å²) in [6.45, 7) is 4.77. The zero-order valence-corrected chi connectivity index (χ0v) is 18.8. The van der Waals surface area contributed by atoms with Gasteiger partial charge in [0.1, 0.15) is 11.6 Å². The Balaban J connectivity index is 1.50. The summed E-state index contributed by atoms with van der Waals surface area (Å²) in [6, 6.07) is 13.3. The number of amides is 2. The Morgan fingerprint density at radius 1 is 1.14 bits per heavy atom. The van der Waals surface area contributed by atoms with Crippen LogP contribution in [0.5, 0.6) is 0 Å². The molecule has 0 radical (unpaired) electrons. The molecule has 0 aliphatic carbocycles. The molecular formula is C26H23FN6O2. The highest BCUT2D eigenvalue weighted by molar-refractivity contribution is 6.04. The van der Waals surface area contributed by atoms with E-state index in [0.717, 1.165) is 17.5 Å². The third kappa shape index (κ3) is 4.12. The van der Waals surface area contributed by atoms with Crippen LogP contribution in [0.4, 0.5) is 16.2 Å². The molecule has 35 heavy (non-hydrogen) atoms. The average molecular weight is 471 g/mol. The lowest BCUT2D eigenvalue weighted by Gasteiger charge is -2.14. The van der Waals surface area contributed by atoms with Crippen molar-refractivity contribution in [2.75, 3.05) is 24.1 Å². The molecule has 1 aliphatic rings. The van der Waals surface area contributed by atoms with Crippen LogP contribution in [0, 0.1) is 5.82 Å². The van der Waals surface area contributed by atoms with Gasteiger partial charge < -0.3 is 16.0 Å². The second-order valence-corrected chi connectivity index (χ2v) is 8.35. The third-order valence-electron chi connectivity index (χ3n) is 6.27. The largest absolute Gasteiger partial charge is 0.369 e. The molecule has 0 saturated carbocycles. The van der Waals surface area contributed by atoms with E-state index in [2.05, 4.69) is 21.9 Å². The SMILES string of the molecule is C=CC(=O)N1CCC(c2cc(-c3ccc(C(=O)Nc4ccccn4)c(F)c3)n3c(N)nccc23)C1. The summed E-state index contributed by atoms with van der Waals surface area (Å²) in [5, 5.41) is 2.59. The first-order valence-electron chi connectivity index (χ1n) is 11.2. The van der Waals surface area contributed by atoms with Crippen LogP contribution in [0.15, 0.2) is 73.6 Å². The molecule has 1 saturated heterocycles. The Morgan fingerprint density at radius 2 is 2.00 bits per heavy atom. The molecule has 4 heterocycles. The monoisotopic (exact) mass is 470 g/mol. The molecule has 3 aromatic heterocycles. The fourth-order valence-electron chi connectivity index (χ4n) is 4.57. The van der Waals surface area contributed by atoms with Gasteiger partial charge in [0.05, 0.1) is 16.8 Å². The molecule has 0 bridgehead atoms. The lowest BCUT2D eigenvalue weighted by molar-refractivity contribution is -0.125. The van der Waals surface area contributed by atoms with Crippen LogP contribution in [0.3, 0.4) is 0 Å². The first-order valence-corrected chi connectivity index (χ1v) is 11.2. The number of nitrogens with zero attached hydrogens (tertiary/aromatic N) is 4. The molecule has 9 heteroatoms. The zero-order chi connectivity index (χ0) is 24.5. The average Bonchev–Trinajstić information content (AvgIpc) is 3.50. The number of nitrogen functional groups attached to an aromatic ring is 1. The number of carbonyl (C=O) groups excluding carboxylic acids is 2. The van der Waals surface area contributed by atoms with Gasteiger partial charge in [-0.1, -0.05) is 18.7 Å². The normalized spacial score (nSPS) is 15.3. The molecule has 1 aliphatic heterocycles. The molecule has 2 amide bonds. The number of benzene rings is 1. The van der Waals surface area contributed by atoms with Gasteiger partial charge in [-0.2, -0.15) is 0 Å². The summed E-state index contributed by atoms with van der Waals surface area (Å²) in [7, 11) is 0. The number of carbonyl (C=O) groups is 2. The molecule has 176 valence electrons. The number of nitrogens with one attached hydrogen (secondary N) is 1. The summed E-state index contributed by atoms with van der Waals surface area (Å²) in [4.78, 5) is 34.6. The Labute approximate surface area is 200 Å². The Hall–Kier alpha value is -4.53. The maximum atomic E-state index is 15.1. The topological polar surface area (TPSA) is 106 Å². The molecule has 1 fully saturated rings. The van der Waals surface area contributed by atoms with Crippen molar-refractivity contribution < 1.29 is 14.0 Å². The van der Waals surface area contributed by atoms with E-state index in [0.29, 0.717) is 30.2 Å². The van der Waals surface area contributed by atoms with Gasteiger partial charge in [0.2, 0.25) is 11.9 Å². The summed E-state index contributed by atoms with van der Waals surface area (Å²) >= 11 is 0. The van der Waals surface area contributed by atoms with Gasteiger partial charge >= 0.3 is 0 Å². The van der Waals surface area contributed by atoms with Crippen LogP contribution in [0.25, 0.3) is 16.8 Å². The van der Waals surface area contributed by atoms with Gasteiger partial charge in [0.25, 0.3) is 5.91 Å². The van der Waals surface area contributed by atoms with Crippen molar-refractivity contribution in [2.24, 2.45) is 0 Å². The number of hydrogen-bond donors (Lipinski definition) is 2. The summed E-state index contributed by atoms with van der Waals surface area (Å²) < 4.78 is 16.9. The van der Waals surface area contributed by atoms with E-state index < -0.39 is 11.7 Å². The van der Waals surface area contributed by atoms with Crippen molar-refractivity contribution in [3.05, 3.63) is 90.5 Å². The number of rotatable bonds is 5. The Bertz CT molecular complexity index is 1450. The highest BCUT2D eigenvalue weighted by Crippen LogP contribution is 2.36. The number of nitrogens with two attached hydrogens (primary N) is 1. The molecule has 1 unspecified atom stereocenters. The first kappa shape index (κ1) is 22.3. The Kier molecular flexibility index (Phi) is 5.74. The predicted octanol–water partition coefficient (Wildman–Crippen LogP) is 3.87. The summed E-state index contributed by atoms with van der Waals surface area (Å²) in [6.07, 6.45) is 5.29. The van der Waals surface area contributed by atoms with E-state index in [9.17, 15) is 9.59 Å². The molecule has 0 spiro atoms. The molecular weight excluding hydrogens is 447 g/mol. The number of fused-ring (bicyclic) bond motifs is 1. The van der Waals surface area contributed by atoms with Gasteiger partial charge in [-0.25, -0.2) is 14.4 Å². The van der Waals surface area contributed by atoms with Crippen LogP contribution < -0.4 is 11.1 Å². The van der Waals surface area contributed by atoms with Gasteiger partial charge in [-0.3, -0.25) is 14.0 Å². The molecule has 5 rings (SSSR count). The lowest BCUT2D eigenvalue weighted by atomic mass is 9.98. The lowest BCUT2D eigenvalue weighted by Crippen LogP contribution is -2.26. The second-order valence-electron chi connectivity index (χ2n) is 8.35. The minimum absolute atomic E-state index is 0.0951. The van der Waals surface area contributed by atoms with Crippen molar-refractivity contribution in [2.45, 2.75) is 12.3 Å². The molecule has 3 N–H and O–H groups in total. The third-order valence-corrected chi connectivity index (χ3v) is 6.27. The minimum atomic E-state index is -0.668. The number of halogens is 1. The van der Waals surface area contributed by atoms with E-state index in [1.807, 2.05) is 12.1 Å². The standard InChI is InChI=1S/C26H23FN6O2/c1-2-24(34)32-12-9-17(15-32)19-14-22(33-21(19)8-11-30-26(33)28)16-6-7-18(20(27)13-16)25(35)31-23-5-3-4-10-29-23/h2-8,10-11,13-14,17H,1,9,12,15H2,(H2,28,30)(H,29,31,35). The van der Waals surface area contributed by atoms with Crippen molar-refractivity contribution >= 4 is 29.1 Å². The number of hydrogen-bond acceptors (Lipinski definition) is 5. The van der Waals surface area contributed by atoms with Crippen LogP contribution in [0.1, 0.15) is 28.3 Å². The Morgan fingerprint density at radius 3 is 2.74 bits per heavy atom. The first-order chi connectivity index (χ1) is 17.0. The van der Waals surface area contributed by atoms with Crippen LogP contribution in [-0.2, 0) is 4.79 Å². The van der Waals surface area contributed by atoms with Crippen molar-refractivity contribution in [1.29, 1.82) is 0 Å². The minimum Gasteiger partial charge on any atom is -0.369 e. The van der Waals surface area contributed by atoms with Gasteiger partial charge in [0, 0.05) is 37.0 Å². The number of pyridine rings is 1. The van der Waals surface area contributed by atoms with Crippen molar-refractivity contribution in [1.82, 2.24) is 19.3 Å². The van der Waals surface area contributed by atoms with E-state index in [4.69, 9.17) is 5.73 Å². The quantitative estimate of drug-likeness (QED) is 0.431. The van der Waals surface area contributed by atoms with Gasteiger partial charge in [-0.05, 0) is 54.5 Å². The van der Waals surface area contributed by atoms with E-state index in [1.54, 1.807) is 46.0 Å². The maximum absolute atomic E-state index is 15.1. The molecule has 1 aromatic carbocycles. The summed E-state index contributed by atoms with van der Waals surface area (Å²) in [5.74, 6) is -0.663. The second kappa shape index (κ2) is 9.02. The predicted molar refractivity (Wildman–Crippen MR) is 131 cm³/mol. The van der Waals surface area contributed by atoms with E-state index in [-0.39, 0.29) is 23.3 Å². The fraction of sp³-hybridized carbons (Fsp3) is 0.154. The van der Waals surface area contributed by atoms with E-state index in [1.165, 1.54) is 18.2 Å². The molecule has 4 aromatic rings. The number of anilines is 2. The van der Waals surface area contributed by atoms with E-state index >= 15 is 4.39 Å². The highest BCUT2D eigenvalue weighted by Gasteiger charge is 2.29. The molecule has 8 nitrogen and oxygen atoms in total. The van der Waals surface area contributed by atoms with Crippen molar-refractivity contribution in [3.63, 3.8) is 0 Å². The highest BCUT2D eigenvalue weighted by atomic mass is 19.1. The van der Waals surface area contributed by atoms with Crippen LogP contribution >= 0.6 is 0 Å². The molecule has 1 atom stereocenters. The van der Waals surface area contributed by atoms with Gasteiger partial charge in [0.15, 0.2) is 0 Å². The number of aromatic nitrogens is 3.